The molecule has 3 rings (SSSR count). The maximum Gasteiger partial charge on any atom is 0.326 e. The van der Waals surface area contributed by atoms with Crippen molar-refractivity contribution in [2.24, 2.45) is 0 Å². The molecular formula is C22H24ClNO4. The lowest BCUT2D eigenvalue weighted by atomic mass is 9.95. The highest BCUT2D eigenvalue weighted by Gasteiger charge is 2.28. The fourth-order valence-electron chi connectivity index (χ4n) is 3.28. The Labute approximate surface area is 170 Å². The van der Waals surface area contributed by atoms with E-state index in [1.807, 2.05) is 43.3 Å². The van der Waals surface area contributed by atoms with Gasteiger partial charge in [-0.05, 0) is 42.2 Å². The van der Waals surface area contributed by atoms with Gasteiger partial charge in [0.2, 0.25) is 5.91 Å². The third-order valence-corrected chi connectivity index (χ3v) is 5.06. The van der Waals surface area contributed by atoms with E-state index in [1.54, 1.807) is 7.11 Å². The monoisotopic (exact) mass is 401 g/mol. The van der Waals surface area contributed by atoms with Gasteiger partial charge in [-0.15, -0.1) is 0 Å². The molecule has 0 bridgehead atoms. The number of halogens is 1. The van der Waals surface area contributed by atoms with Crippen LogP contribution in [-0.2, 0) is 20.7 Å². The van der Waals surface area contributed by atoms with Gasteiger partial charge >= 0.3 is 5.97 Å². The first-order valence-corrected chi connectivity index (χ1v) is 9.84. The lowest BCUT2D eigenvalue weighted by molar-refractivity contribution is -0.143. The molecular weight excluding hydrogens is 378 g/mol. The van der Waals surface area contributed by atoms with Crippen LogP contribution in [0.25, 0.3) is 11.1 Å². The zero-order valence-electron chi connectivity index (χ0n) is 16.2. The molecule has 1 aliphatic heterocycles. The Morgan fingerprint density at radius 1 is 1.18 bits per heavy atom. The Balaban J connectivity index is 1.91. The van der Waals surface area contributed by atoms with Crippen LogP contribution in [-0.4, -0.2) is 32.1 Å². The second-order valence-corrected chi connectivity index (χ2v) is 7.18. The molecule has 0 spiro atoms. The molecule has 0 N–H and O–H groups in total. The summed E-state index contributed by atoms with van der Waals surface area (Å²) in [7, 11) is 1.59. The van der Waals surface area contributed by atoms with Crippen LogP contribution in [0.5, 0.6) is 5.75 Å². The number of carbonyl (C=O) groups excluding carboxylic acids is 2. The average molecular weight is 402 g/mol. The fourth-order valence-corrected chi connectivity index (χ4v) is 3.40. The Hall–Kier alpha value is -2.53. The van der Waals surface area contributed by atoms with Gasteiger partial charge in [0.05, 0.1) is 19.4 Å². The van der Waals surface area contributed by atoms with Crippen molar-refractivity contribution < 1.29 is 19.1 Å². The summed E-state index contributed by atoms with van der Waals surface area (Å²) in [4.78, 5) is 26.1. The number of fused-ring (bicyclic) bond motifs is 1. The van der Waals surface area contributed by atoms with Crippen molar-refractivity contribution in [3.05, 3.63) is 47.0 Å². The molecule has 6 heteroatoms. The van der Waals surface area contributed by atoms with Gasteiger partial charge in [0.1, 0.15) is 12.3 Å². The first-order valence-electron chi connectivity index (χ1n) is 9.46. The van der Waals surface area contributed by atoms with Crippen LogP contribution in [0.15, 0.2) is 36.4 Å². The second-order valence-electron chi connectivity index (χ2n) is 6.74. The Morgan fingerprint density at radius 3 is 2.61 bits per heavy atom. The van der Waals surface area contributed by atoms with E-state index < -0.39 is 5.97 Å². The smallest absolute Gasteiger partial charge is 0.326 e. The van der Waals surface area contributed by atoms with Crippen molar-refractivity contribution in [1.29, 1.82) is 0 Å². The number of anilines is 1. The number of ether oxygens (including phenoxy) is 2. The minimum absolute atomic E-state index is 0.0822. The lowest BCUT2D eigenvalue weighted by Gasteiger charge is -2.30. The number of nitrogens with zero attached hydrogens (tertiary/aromatic N) is 1. The molecule has 1 amide bonds. The maximum atomic E-state index is 12.5. The van der Waals surface area contributed by atoms with E-state index in [1.165, 1.54) is 4.90 Å². The van der Waals surface area contributed by atoms with Gasteiger partial charge in [-0.25, -0.2) is 0 Å². The highest BCUT2D eigenvalue weighted by atomic mass is 35.5. The minimum Gasteiger partial charge on any atom is -0.496 e. The number of carbonyl (C=O) groups is 2. The Kier molecular flexibility index (Phi) is 6.57. The van der Waals surface area contributed by atoms with Crippen molar-refractivity contribution >= 4 is 29.2 Å². The molecule has 0 aromatic heterocycles. The summed E-state index contributed by atoms with van der Waals surface area (Å²) in [6.45, 7) is 2.32. The number of amides is 1. The molecule has 0 saturated carbocycles. The molecule has 1 aliphatic rings. The van der Waals surface area contributed by atoms with E-state index in [-0.39, 0.29) is 12.5 Å². The molecule has 0 saturated heterocycles. The summed E-state index contributed by atoms with van der Waals surface area (Å²) in [5.74, 6) is 0.164. The van der Waals surface area contributed by atoms with Gasteiger partial charge in [-0.1, -0.05) is 37.1 Å². The van der Waals surface area contributed by atoms with Gasteiger partial charge < -0.3 is 14.4 Å². The summed E-state index contributed by atoms with van der Waals surface area (Å²) >= 11 is 6.00. The molecule has 1 heterocycles. The third kappa shape index (κ3) is 4.47. The SMILES string of the molecule is CCCCOC(=O)CN1C(=O)CCc2cc(-c3ccc(Cl)cc3)c(OC)cc21. The average Bonchev–Trinajstić information content (AvgIpc) is 2.70. The molecule has 2 aromatic carbocycles. The van der Waals surface area contributed by atoms with Gasteiger partial charge in [-0.3, -0.25) is 9.59 Å². The highest BCUT2D eigenvalue weighted by molar-refractivity contribution is 6.30. The molecule has 0 atom stereocenters. The second kappa shape index (κ2) is 9.11. The van der Waals surface area contributed by atoms with E-state index >= 15 is 0 Å². The van der Waals surface area contributed by atoms with Crippen molar-refractivity contribution in [2.45, 2.75) is 32.6 Å². The largest absolute Gasteiger partial charge is 0.496 e. The number of rotatable bonds is 7. The standard InChI is InChI=1S/C22H24ClNO4/c1-3-4-11-28-22(26)14-24-19-13-20(27-2)18(12-16(19)7-10-21(24)25)15-5-8-17(23)9-6-15/h5-6,8-9,12-13H,3-4,7,10-11,14H2,1-2H3. The van der Waals surface area contributed by atoms with Crippen LogP contribution in [0.2, 0.25) is 5.02 Å². The van der Waals surface area contributed by atoms with Crippen molar-refractivity contribution in [3.63, 3.8) is 0 Å². The van der Waals surface area contributed by atoms with E-state index in [0.29, 0.717) is 35.9 Å². The van der Waals surface area contributed by atoms with Gasteiger partial charge in [0.15, 0.2) is 0 Å². The van der Waals surface area contributed by atoms with Crippen LogP contribution in [0.1, 0.15) is 31.7 Å². The summed E-state index contributed by atoms with van der Waals surface area (Å²) < 4.78 is 10.8. The van der Waals surface area contributed by atoms with Crippen LogP contribution in [0.4, 0.5) is 5.69 Å². The quantitative estimate of drug-likeness (QED) is 0.501. The fraction of sp³-hybridized carbons (Fsp3) is 0.364. The molecule has 148 valence electrons. The zero-order chi connectivity index (χ0) is 20.1. The summed E-state index contributed by atoms with van der Waals surface area (Å²) in [6, 6.07) is 11.4. The molecule has 0 aliphatic carbocycles. The number of hydrogen-bond acceptors (Lipinski definition) is 4. The normalized spacial score (nSPS) is 13.2. The minimum atomic E-state index is -0.393. The van der Waals surface area contributed by atoms with Gasteiger partial charge in [0, 0.05) is 23.1 Å². The lowest BCUT2D eigenvalue weighted by Crippen LogP contribution is -2.39. The molecule has 2 aromatic rings. The topological polar surface area (TPSA) is 55.8 Å². The predicted octanol–water partition coefficient (Wildman–Crippen LogP) is 4.64. The maximum absolute atomic E-state index is 12.5. The molecule has 0 unspecified atom stereocenters. The van der Waals surface area contributed by atoms with E-state index in [0.717, 1.165) is 29.5 Å². The number of esters is 1. The Bertz CT molecular complexity index is 864. The van der Waals surface area contributed by atoms with Gasteiger partial charge in [0.25, 0.3) is 0 Å². The molecule has 0 fully saturated rings. The summed E-state index contributed by atoms with van der Waals surface area (Å²) in [6.07, 6.45) is 2.75. The number of aryl methyl sites for hydroxylation is 1. The molecule has 5 nitrogen and oxygen atoms in total. The molecule has 28 heavy (non-hydrogen) atoms. The predicted molar refractivity (Wildman–Crippen MR) is 110 cm³/mol. The third-order valence-electron chi connectivity index (χ3n) is 4.80. The van der Waals surface area contributed by atoms with E-state index in [2.05, 4.69) is 0 Å². The number of unbranched alkanes of at least 4 members (excludes halogenated alkanes) is 1. The van der Waals surface area contributed by atoms with Crippen LogP contribution in [0.3, 0.4) is 0 Å². The number of methoxy groups -OCH3 is 1. The first kappa shape index (κ1) is 20.2. The molecule has 0 radical (unpaired) electrons. The van der Waals surface area contributed by atoms with Gasteiger partial charge in [-0.2, -0.15) is 0 Å². The van der Waals surface area contributed by atoms with E-state index in [9.17, 15) is 9.59 Å². The van der Waals surface area contributed by atoms with E-state index in [4.69, 9.17) is 21.1 Å². The van der Waals surface area contributed by atoms with Crippen LogP contribution >= 0.6 is 11.6 Å². The number of hydrogen-bond donors (Lipinski definition) is 0. The number of benzene rings is 2. The van der Waals surface area contributed by atoms with Crippen molar-refractivity contribution in [3.8, 4) is 16.9 Å². The zero-order valence-corrected chi connectivity index (χ0v) is 16.9. The summed E-state index contributed by atoms with van der Waals surface area (Å²) in [5, 5.41) is 0.666. The first-order chi connectivity index (χ1) is 13.5. The summed E-state index contributed by atoms with van der Waals surface area (Å²) in [5.41, 5.74) is 3.62. The van der Waals surface area contributed by atoms with Crippen LogP contribution < -0.4 is 9.64 Å². The highest BCUT2D eigenvalue weighted by Crippen LogP contribution is 2.39. The van der Waals surface area contributed by atoms with Crippen molar-refractivity contribution in [1.82, 2.24) is 0 Å². The van der Waals surface area contributed by atoms with Crippen LogP contribution in [0, 0.1) is 0 Å². The Morgan fingerprint density at radius 2 is 1.93 bits per heavy atom. The van der Waals surface area contributed by atoms with Crippen molar-refractivity contribution in [2.75, 3.05) is 25.2 Å².